The number of nitrogens with zero attached hydrogens (tertiary/aromatic N) is 2. The molecule has 0 bridgehead atoms. The highest BCUT2D eigenvalue weighted by Crippen LogP contribution is 2.34. The van der Waals surface area contributed by atoms with Gasteiger partial charge in [-0.2, -0.15) is 0 Å². The Labute approximate surface area is 110 Å². The summed E-state index contributed by atoms with van der Waals surface area (Å²) in [7, 11) is 1.81. The lowest BCUT2D eigenvalue weighted by Gasteiger charge is -2.22. The number of rotatable bonds is 5. The molecule has 0 aliphatic heterocycles. The van der Waals surface area contributed by atoms with Crippen molar-refractivity contribution >= 4 is 5.95 Å². The minimum atomic E-state index is 0.332. The van der Waals surface area contributed by atoms with E-state index in [1.54, 1.807) is 0 Å². The topological polar surface area (TPSA) is 39.1 Å². The SMILES string of the molecule is COC1CCCC1n1cc(C)nc1NCC(C)C. The number of methoxy groups -OCH3 is 1. The van der Waals surface area contributed by atoms with Crippen molar-refractivity contribution in [1.82, 2.24) is 9.55 Å². The van der Waals surface area contributed by atoms with E-state index in [-0.39, 0.29) is 0 Å². The number of anilines is 1. The number of aromatic nitrogens is 2. The maximum absolute atomic E-state index is 5.59. The standard InChI is InChI=1S/C14H25N3O/c1-10(2)8-15-14-16-11(3)9-17(14)12-6-5-7-13(12)18-4/h9-10,12-13H,5-8H2,1-4H3,(H,15,16). The third-order valence-corrected chi connectivity index (χ3v) is 3.60. The van der Waals surface area contributed by atoms with Gasteiger partial charge in [0.05, 0.1) is 17.8 Å². The molecule has 4 nitrogen and oxygen atoms in total. The molecule has 2 unspecified atom stereocenters. The van der Waals surface area contributed by atoms with Gasteiger partial charge in [0.25, 0.3) is 0 Å². The van der Waals surface area contributed by atoms with Crippen molar-refractivity contribution in [2.24, 2.45) is 5.92 Å². The average molecular weight is 251 g/mol. The van der Waals surface area contributed by atoms with E-state index >= 15 is 0 Å². The highest BCUT2D eigenvalue weighted by atomic mass is 16.5. The first kappa shape index (κ1) is 13.4. The molecule has 1 aliphatic rings. The molecule has 1 aromatic rings. The zero-order chi connectivity index (χ0) is 13.1. The van der Waals surface area contributed by atoms with Gasteiger partial charge < -0.3 is 14.6 Å². The van der Waals surface area contributed by atoms with E-state index in [0.717, 1.165) is 24.6 Å². The molecule has 0 saturated heterocycles. The van der Waals surface area contributed by atoms with Crippen LogP contribution in [0, 0.1) is 12.8 Å². The Morgan fingerprint density at radius 3 is 2.94 bits per heavy atom. The second-order valence-electron chi connectivity index (χ2n) is 5.66. The quantitative estimate of drug-likeness (QED) is 0.874. The highest BCUT2D eigenvalue weighted by Gasteiger charge is 2.30. The summed E-state index contributed by atoms with van der Waals surface area (Å²) in [5.74, 6) is 1.62. The molecule has 0 aromatic carbocycles. The molecule has 18 heavy (non-hydrogen) atoms. The Kier molecular flexibility index (Phi) is 4.27. The van der Waals surface area contributed by atoms with Crippen molar-refractivity contribution in [3.63, 3.8) is 0 Å². The summed E-state index contributed by atoms with van der Waals surface area (Å²) in [6.07, 6.45) is 6.06. The number of hydrogen-bond donors (Lipinski definition) is 1. The summed E-state index contributed by atoms with van der Waals surface area (Å²) in [6, 6.07) is 0.436. The summed E-state index contributed by atoms with van der Waals surface area (Å²) in [5.41, 5.74) is 1.07. The van der Waals surface area contributed by atoms with Crippen LogP contribution >= 0.6 is 0 Å². The Hall–Kier alpha value is -1.03. The Morgan fingerprint density at radius 1 is 1.50 bits per heavy atom. The van der Waals surface area contributed by atoms with Crippen LogP contribution in [-0.4, -0.2) is 29.3 Å². The minimum Gasteiger partial charge on any atom is -0.379 e. The molecular formula is C14H25N3O. The zero-order valence-corrected chi connectivity index (χ0v) is 11.9. The number of aryl methyl sites for hydroxylation is 1. The van der Waals surface area contributed by atoms with Gasteiger partial charge in [0, 0.05) is 19.9 Å². The van der Waals surface area contributed by atoms with E-state index < -0.39 is 0 Å². The summed E-state index contributed by atoms with van der Waals surface area (Å²) in [5, 5.41) is 3.45. The molecule has 1 aromatic heterocycles. The van der Waals surface area contributed by atoms with E-state index in [1.807, 2.05) is 14.0 Å². The van der Waals surface area contributed by atoms with Crippen molar-refractivity contribution in [3.8, 4) is 0 Å². The average Bonchev–Trinajstić information content (AvgIpc) is 2.91. The third-order valence-electron chi connectivity index (χ3n) is 3.60. The normalized spacial score (nSPS) is 23.8. The van der Waals surface area contributed by atoms with Gasteiger partial charge in [-0.3, -0.25) is 0 Å². The van der Waals surface area contributed by atoms with Gasteiger partial charge >= 0.3 is 0 Å². The van der Waals surface area contributed by atoms with E-state index in [4.69, 9.17) is 4.74 Å². The second kappa shape index (κ2) is 5.74. The van der Waals surface area contributed by atoms with Crippen LogP contribution in [0.5, 0.6) is 0 Å². The molecule has 4 heteroatoms. The lowest BCUT2D eigenvalue weighted by Crippen LogP contribution is -2.22. The predicted molar refractivity (Wildman–Crippen MR) is 74.0 cm³/mol. The molecule has 1 heterocycles. The molecule has 102 valence electrons. The van der Waals surface area contributed by atoms with Gasteiger partial charge in [0.1, 0.15) is 0 Å². The second-order valence-corrected chi connectivity index (χ2v) is 5.66. The molecule has 2 atom stereocenters. The van der Waals surface area contributed by atoms with Crippen LogP contribution < -0.4 is 5.32 Å². The summed E-state index contributed by atoms with van der Waals surface area (Å²) >= 11 is 0. The van der Waals surface area contributed by atoms with E-state index in [1.165, 1.54) is 12.8 Å². The fourth-order valence-corrected chi connectivity index (χ4v) is 2.69. The molecular weight excluding hydrogens is 226 g/mol. The molecule has 1 fully saturated rings. The lowest BCUT2D eigenvalue weighted by atomic mass is 10.2. The van der Waals surface area contributed by atoms with Crippen LogP contribution in [0.2, 0.25) is 0 Å². The van der Waals surface area contributed by atoms with Crippen molar-refractivity contribution in [2.45, 2.75) is 52.2 Å². The van der Waals surface area contributed by atoms with Crippen molar-refractivity contribution < 1.29 is 4.74 Å². The van der Waals surface area contributed by atoms with Gasteiger partial charge in [0.2, 0.25) is 5.95 Å². The van der Waals surface area contributed by atoms with Gasteiger partial charge in [-0.1, -0.05) is 13.8 Å². The molecule has 0 radical (unpaired) electrons. The van der Waals surface area contributed by atoms with E-state index in [2.05, 4.69) is 34.9 Å². The van der Waals surface area contributed by atoms with Crippen molar-refractivity contribution in [3.05, 3.63) is 11.9 Å². The number of ether oxygens (including phenoxy) is 1. The van der Waals surface area contributed by atoms with Gasteiger partial charge in [0.15, 0.2) is 0 Å². The van der Waals surface area contributed by atoms with Crippen LogP contribution in [0.15, 0.2) is 6.20 Å². The summed E-state index contributed by atoms with van der Waals surface area (Å²) < 4.78 is 7.87. The van der Waals surface area contributed by atoms with E-state index in [9.17, 15) is 0 Å². The fraction of sp³-hybridized carbons (Fsp3) is 0.786. The summed E-state index contributed by atoms with van der Waals surface area (Å²) in [6.45, 7) is 7.43. The van der Waals surface area contributed by atoms with Crippen LogP contribution in [0.3, 0.4) is 0 Å². The lowest BCUT2D eigenvalue weighted by molar-refractivity contribution is 0.0755. The maximum Gasteiger partial charge on any atom is 0.203 e. The van der Waals surface area contributed by atoms with Gasteiger partial charge in [-0.25, -0.2) is 4.98 Å². The Balaban J connectivity index is 2.15. The zero-order valence-electron chi connectivity index (χ0n) is 11.9. The molecule has 2 rings (SSSR count). The number of imidazole rings is 1. The van der Waals surface area contributed by atoms with Gasteiger partial charge in [-0.15, -0.1) is 0 Å². The molecule has 0 amide bonds. The molecule has 1 saturated carbocycles. The van der Waals surface area contributed by atoms with Crippen molar-refractivity contribution in [2.75, 3.05) is 19.0 Å². The largest absolute Gasteiger partial charge is 0.379 e. The number of hydrogen-bond acceptors (Lipinski definition) is 3. The van der Waals surface area contributed by atoms with Crippen molar-refractivity contribution in [1.29, 1.82) is 0 Å². The Morgan fingerprint density at radius 2 is 2.28 bits per heavy atom. The van der Waals surface area contributed by atoms with Crippen LogP contribution in [0.25, 0.3) is 0 Å². The smallest absolute Gasteiger partial charge is 0.203 e. The van der Waals surface area contributed by atoms with Crippen LogP contribution in [0.4, 0.5) is 5.95 Å². The minimum absolute atomic E-state index is 0.332. The van der Waals surface area contributed by atoms with Gasteiger partial charge in [-0.05, 0) is 32.1 Å². The predicted octanol–water partition coefficient (Wildman–Crippen LogP) is 3.00. The first-order valence-corrected chi connectivity index (χ1v) is 6.94. The first-order chi connectivity index (χ1) is 8.61. The molecule has 0 spiro atoms. The summed E-state index contributed by atoms with van der Waals surface area (Å²) in [4.78, 5) is 4.59. The van der Waals surface area contributed by atoms with Crippen LogP contribution in [-0.2, 0) is 4.74 Å². The molecule has 1 aliphatic carbocycles. The first-order valence-electron chi connectivity index (χ1n) is 6.94. The number of nitrogens with one attached hydrogen (secondary N) is 1. The third kappa shape index (κ3) is 2.86. The maximum atomic E-state index is 5.59. The molecule has 1 N–H and O–H groups in total. The van der Waals surface area contributed by atoms with Crippen LogP contribution in [0.1, 0.15) is 44.8 Å². The fourth-order valence-electron chi connectivity index (χ4n) is 2.69. The van der Waals surface area contributed by atoms with E-state index in [0.29, 0.717) is 18.1 Å². The Bertz CT molecular complexity index is 386. The highest BCUT2D eigenvalue weighted by molar-refractivity contribution is 5.30. The monoisotopic (exact) mass is 251 g/mol.